The predicted octanol–water partition coefficient (Wildman–Crippen LogP) is 1.71. The third kappa shape index (κ3) is 4.57. The van der Waals surface area contributed by atoms with E-state index in [-0.39, 0.29) is 8.58 Å². The lowest BCUT2D eigenvalue weighted by molar-refractivity contribution is 0.0271. The first-order chi connectivity index (χ1) is 8.04. The molecule has 0 aromatic heterocycles. The van der Waals surface area contributed by atoms with Gasteiger partial charge in [0.25, 0.3) is 0 Å². The summed E-state index contributed by atoms with van der Waals surface area (Å²) in [4.78, 5) is 0. The molecule has 0 bridgehead atoms. The van der Waals surface area contributed by atoms with Crippen LogP contribution < -0.4 is 0 Å². The van der Waals surface area contributed by atoms with Gasteiger partial charge in [-0.2, -0.15) is 0 Å². The quantitative estimate of drug-likeness (QED) is 0.701. The molecule has 0 spiro atoms. The van der Waals surface area contributed by atoms with Crippen LogP contribution in [0.1, 0.15) is 18.1 Å². The molecule has 0 aliphatic carbocycles. The van der Waals surface area contributed by atoms with Crippen LogP contribution in [0.5, 0.6) is 0 Å². The van der Waals surface area contributed by atoms with E-state index in [0.29, 0.717) is 0 Å². The van der Waals surface area contributed by atoms with Crippen LogP contribution in [0.3, 0.4) is 0 Å². The van der Waals surface area contributed by atoms with Gasteiger partial charge in [-0.1, -0.05) is 38.9 Å². The van der Waals surface area contributed by atoms with E-state index >= 15 is 0 Å². The molecule has 3 N–H and O–H groups in total. The van der Waals surface area contributed by atoms with Gasteiger partial charge in [0.05, 0.1) is 6.61 Å². The lowest BCUT2D eigenvalue weighted by Gasteiger charge is -2.15. The standard InChI is InChI=1S/C13H19O3P/c1-9-5-3-4-6-11(9)7-10(2)17-13(16)12(15)8-14/h3-7,12-17H,8H2,1-2H3. The molecule has 0 saturated heterocycles. The minimum Gasteiger partial charge on any atom is -0.394 e. The van der Waals surface area contributed by atoms with Gasteiger partial charge >= 0.3 is 0 Å². The predicted molar refractivity (Wildman–Crippen MR) is 72.2 cm³/mol. The molecule has 1 aromatic carbocycles. The molecule has 0 amide bonds. The minimum absolute atomic E-state index is 0.0955. The van der Waals surface area contributed by atoms with Gasteiger partial charge in [0, 0.05) is 0 Å². The average molecular weight is 254 g/mol. The van der Waals surface area contributed by atoms with Crippen LogP contribution in [0.4, 0.5) is 0 Å². The fourth-order valence-electron chi connectivity index (χ4n) is 1.45. The second kappa shape index (κ2) is 6.87. The van der Waals surface area contributed by atoms with Crippen molar-refractivity contribution in [3.63, 3.8) is 0 Å². The summed E-state index contributed by atoms with van der Waals surface area (Å²) in [5.41, 5.74) is 2.29. The summed E-state index contributed by atoms with van der Waals surface area (Å²) >= 11 is 0. The van der Waals surface area contributed by atoms with Crippen molar-refractivity contribution < 1.29 is 15.3 Å². The zero-order valence-corrected chi connectivity index (χ0v) is 11.1. The maximum absolute atomic E-state index is 9.60. The first kappa shape index (κ1) is 14.3. The molecule has 0 aliphatic heterocycles. The maximum Gasteiger partial charge on any atom is 0.107 e. The van der Waals surface area contributed by atoms with Gasteiger partial charge in [-0.15, -0.1) is 0 Å². The van der Waals surface area contributed by atoms with Crippen molar-refractivity contribution >= 4 is 14.7 Å². The molecule has 94 valence electrons. The van der Waals surface area contributed by atoms with Crippen molar-refractivity contribution in [2.75, 3.05) is 6.61 Å². The highest BCUT2D eigenvalue weighted by Crippen LogP contribution is 2.31. The number of hydrogen-bond acceptors (Lipinski definition) is 3. The zero-order chi connectivity index (χ0) is 12.8. The fraction of sp³-hybridized carbons (Fsp3) is 0.385. The van der Waals surface area contributed by atoms with Gasteiger partial charge in [0.2, 0.25) is 0 Å². The lowest BCUT2D eigenvalue weighted by Crippen LogP contribution is -2.25. The summed E-state index contributed by atoms with van der Waals surface area (Å²) in [5.74, 6) is -0.889. The Bertz CT molecular complexity index is 390. The molecule has 4 heteroatoms. The lowest BCUT2D eigenvalue weighted by atomic mass is 10.1. The highest BCUT2D eigenvalue weighted by atomic mass is 31.1. The molecule has 3 atom stereocenters. The van der Waals surface area contributed by atoms with Crippen LogP contribution in [0.25, 0.3) is 6.08 Å². The first-order valence-corrected chi connectivity index (χ1v) is 6.59. The Morgan fingerprint density at radius 1 is 1.35 bits per heavy atom. The van der Waals surface area contributed by atoms with E-state index in [4.69, 9.17) is 5.11 Å². The number of hydrogen-bond donors (Lipinski definition) is 3. The molecular formula is C13H19O3P. The zero-order valence-electron chi connectivity index (χ0n) is 10.1. The highest BCUT2D eigenvalue weighted by molar-refractivity contribution is 7.43. The third-order valence-electron chi connectivity index (χ3n) is 2.49. The monoisotopic (exact) mass is 254 g/mol. The SMILES string of the molecule is CC(=Cc1ccccc1C)PC(O)C(O)CO. The van der Waals surface area contributed by atoms with E-state index in [1.165, 1.54) is 5.56 Å². The molecule has 0 saturated carbocycles. The average Bonchev–Trinajstić information content (AvgIpc) is 2.31. The summed E-state index contributed by atoms with van der Waals surface area (Å²) in [6, 6.07) is 7.99. The number of benzene rings is 1. The van der Waals surface area contributed by atoms with Crippen LogP contribution in [-0.4, -0.2) is 33.9 Å². The van der Waals surface area contributed by atoms with Crippen molar-refractivity contribution in [1.29, 1.82) is 0 Å². The van der Waals surface area contributed by atoms with Gasteiger partial charge in [0.1, 0.15) is 11.9 Å². The van der Waals surface area contributed by atoms with E-state index in [9.17, 15) is 10.2 Å². The minimum atomic E-state index is -1.06. The largest absolute Gasteiger partial charge is 0.394 e. The molecule has 0 fully saturated rings. The Hall–Kier alpha value is -0.730. The van der Waals surface area contributed by atoms with Crippen molar-refractivity contribution in [1.82, 2.24) is 0 Å². The van der Waals surface area contributed by atoms with Crippen LogP contribution in [0, 0.1) is 6.92 Å². The fourth-order valence-corrected chi connectivity index (χ4v) is 2.46. The van der Waals surface area contributed by atoms with Crippen LogP contribution >= 0.6 is 8.58 Å². The van der Waals surface area contributed by atoms with Gasteiger partial charge in [-0.25, -0.2) is 0 Å². The summed E-state index contributed by atoms with van der Waals surface area (Å²) in [5, 5.41) is 28.6. The number of aliphatic hydroxyl groups excluding tert-OH is 3. The van der Waals surface area contributed by atoms with E-state index in [1.54, 1.807) is 0 Å². The van der Waals surface area contributed by atoms with Crippen LogP contribution in [0.2, 0.25) is 0 Å². The van der Waals surface area contributed by atoms with E-state index < -0.39 is 18.6 Å². The first-order valence-electron chi connectivity index (χ1n) is 5.52. The molecule has 3 unspecified atom stereocenters. The molecule has 0 heterocycles. The van der Waals surface area contributed by atoms with Crippen molar-refractivity contribution in [3.8, 4) is 0 Å². The van der Waals surface area contributed by atoms with Gasteiger partial charge in [0.15, 0.2) is 0 Å². The second-order valence-corrected chi connectivity index (χ2v) is 5.69. The van der Waals surface area contributed by atoms with Crippen molar-refractivity contribution in [2.45, 2.75) is 25.8 Å². The van der Waals surface area contributed by atoms with Gasteiger partial charge in [-0.05, 0) is 30.3 Å². The third-order valence-corrected chi connectivity index (χ3v) is 3.77. The Balaban J connectivity index is 2.70. The van der Waals surface area contributed by atoms with Crippen molar-refractivity contribution in [3.05, 3.63) is 40.7 Å². The Kier molecular flexibility index (Phi) is 5.79. The Morgan fingerprint density at radius 2 is 2.00 bits per heavy atom. The number of rotatable bonds is 5. The van der Waals surface area contributed by atoms with Crippen LogP contribution in [0.15, 0.2) is 29.6 Å². The normalized spacial score (nSPS) is 16.4. The summed E-state index contributed by atoms with van der Waals surface area (Å²) < 4.78 is 0. The van der Waals surface area contributed by atoms with E-state index in [0.717, 1.165) is 10.9 Å². The molecule has 17 heavy (non-hydrogen) atoms. The summed E-state index contributed by atoms with van der Waals surface area (Å²) in [6.07, 6.45) is 0.940. The van der Waals surface area contributed by atoms with E-state index in [2.05, 4.69) is 0 Å². The number of aryl methyl sites for hydroxylation is 1. The Labute approximate surface area is 104 Å². The molecule has 3 nitrogen and oxygen atoms in total. The summed E-state index contributed by atoms with van der Waals surface area (Å²) in [7, 11) is 0.0955. The number of allylic oxidation sites excluding steroid dienone is 1. The Morgan fingerprint density at radius 3 is 2.59 bits per heavy atom. The topological polar surface area (TPSA) is 60.7 Å². The molecule has 0 radical (unpaired) electrons. The van der Waals surface area contributed by atoms with Gasteiger partial charge < -0.3 is 15.3 Å². The molecule has 1 aromatic rings. The number of aliphatic hydroxyl groups is 3. The molecule has 1 rings (SSSR count). The maximum atomic E-state index is 9.60. The smallest absolute Gasteiger partial charge is 0.107 e. The second-order valence-electron chi connectivity index (χ2n) is 4.02. The molecular weight excluding hydrogens is 235 g/mol. The van der Waals surface area contributed by atoms with Crippen molar-refractivity contribution in [2.24, 2.45) is 0 Å². The van der Waals surface area contributed by atoms with E-state index in [1.807, 2.05) is 44.2 Å². The van der Waals surface area contributed by atoms with Crippen LogP contribution in [-0.2, 0) is 0 Å². The van der Waals surface area contributed by atoms with Gasteiger partial charge in [-0.3, -0.25) is 0 Å². The molecule has 0 aliphatic rings. The highest BCUT2D eigenvalue weighted by Gasteiger charge is 2.15. The summed E-state index contributed by atoms with van der Waals surface area (Å²) in [6.45, 7) is 3.53.